The highest BCUT2D eigenvalue weighted by Gasteiger charge is 2.11. The van der Waals surface area contributed by atoms with Crippen LogP contribution < -0.4 is 14.8 Å². The van der Waals surface area contributed by atoms with Gasteiger partial charge in [0.15, 0.2) is 11.5 Å². The highest BCUT2D eigenvalue weighted by atomic mass is 16.5. The summed E-state index contributed by atoms with van der Waals surface area (Å²) in [6.07, 6.45) is 0. The van der Waals surface area contributed by atoms with Crippen molar-refractivity contribution >= 4 is 16.8 Å². The van der Waals surface area contributed by atoms with Crippen molar-refractivity contribution in [2.24, 2.45) is 0 Å². The maximum Gasteiger partial charge on any atom is 0.267 e. The van der Waals surface area contributed by atoms with Crippen molar-refractivity contribution in [2.45, 2.75) is 13.2 Å². The fourth-order valence-electron chi connectivity index (χ4n) is 3.15. The van der Waals surface area contributed by atoms with Gasteiger partial charge in [0.1, 0.15) is 12.3 Å². The molecule has 0 saturated carbocycles. The van der Waals surface area contributed by atoms with Crippen LogP contribution in [-0.2, 0) is 13.2 Å². The predicted molar refractivity (Wildman–Crippen MR) is 113 cm³/mol. The van der Waals surface area contributed by atoms with E-state index in [9.17, 15) is 4.79 Å². The number of hydrogen-bond acceptors (Lipinski definition) is 3. The van der Waals surface area contributed by atoms with Gasteiger partial charge in [0.2, 0.25) is 0 Å². The molecule has 3 aromatic carbocycles. The predicted octanol–water partition coefficient (Wildman–Crippen LogP) is 4.69. The minimum absolute atomic E-state index is 0.149. The van der Waals surface area contributed by atoms with Gasteiger partial charge >= 0.3 is 0 Å². The van der Waals surface area contributed by atoms with E-state index in [1.165, 1.54) is 0 Å². The molecule has 0 aliphatic carbocycles. The number of benzene rings is 3. The topological polar surface area (TPSA) is 63.3 Å². The highest BCUT2D eigenvalue weighted by Crippen LogP contribution is 2.29. The van der Waals surface area contributed by atoms with Crippen molar-refractivity contribution in [3.8, 4) is 11.5 Å². The molecular formula is C24H22N2O3. The first kappa shape index (κ1) is 18.6. The van der Waals surface area contributed by atoms with Crippen LogP contribution in [0.1, 0.15) is 21.6 Å². The minimum Gasteiger partial charge on any atom is -0.493 e. The van der Waals surface area contributed by atoms with Gasteiger partial charge in [-0.2, -0.15) is 0 Å². The molecule has 2 N–H and O–H groups in total. The number of aromatic nitrogens is 1. The van der Waals surface area contributed by atoms with Crippen molar-refractivity contribution in [3.05, 3.63) is 95.7 Å². The summed E-state index contributed by atoms with van der Waals surface area (Å²) in [5.41, 5.74) is 3.50. The van der Waals surface area contributed by atoms with Gasteiger partial charge in [-0.1, -0.05) is 54.6 Å². The number of carbonyl (C=O) groups is 1. The SMILES string of the molecule is COc1cc(CNC(=O)c2cc3ccccc3[nH]2)ccc1OCc1ccccc1. The summed E-state index contributed by atoms with van der Waals surface area (Å²) >= 11 is 0. The van der Waals surface area contributed by atoms with Crippen molar-refractivity contribution in [3.63, 3.8) is 0 Å². The Hall–Kier alpha value is -3.73. The van der Waals surface area contributed by atoms with Gasteiger partial charge in [-0.3, -0.25) is 4.79 Å². The first-order chi connectivity index (χ1) is 14.2. The van der Waals surface area contributed by atoms with Crippen molar-refractivity contribution in [2.75, 3.05) is 7.11 Å². The van der Waals surface area contributed by atoms with Crippen molar-refractivity contribution < 1.29 is 14.3 Å². The van der Waals surface area contributed by atoms with Crippen LogP contribution in [0.5, 0.6) is 11.5 Å². The summed E-state index contributed by atoms with van der Waals surface area (Å²) in [6, 6.07) is 25.3. The molecule has 4 rings (SSSR count). The van der Waals surface area contributed by atoms with Crippen LogP contribution in [0.4, 0.5) is 0 Å². The molecule has 0 fully saturated rings. The number of amides is 1. The normalized spacial score (nSPS) is 10.7. The third kappa shape index (κ3) is 4.41. The van der Waals surface area contributed by atoms with Gasteiger partial charge in [-0.15, -0.1) is 0 Å². The molecular weight excluding hydrogens is 364 g/mol. The zero-order valence-corrected chi connectivity index (χ0v) is 16.1. The summed E-state index contributed by atoms with van der Waals surface area (Å²) in [6.45, 7) is 0.858. The molecule has 4 aromatic rings. The first-order valence-corrected chi connectivity index (χ1v) is 9.42. The average Bonchev–Trinajstić information content (AvgIpc) is 3.21. The zero-order chi connectivity index (χ0) is 20.1. The van der Waals surface area contributed by atoms with Gasteiger partial charge in [0, 0.05) is 17.4 Å². The van der Waals surface area contributed by atoms with Crippen LogP contribution >= 0.6 is 0 Å². The average molecular weight is 386 g/mol. The molecule has 5 heteroatoms. The summed E-state index contributed by atoms with van der Waals surface area (Å²) in [5, 5.41) is 3.95. The van der Waals surface area contributed by atoms with Crippen LogP contribution in [0.25, 0.3) is 10.9 Å². The Morgan fingerprint density at radius 3 is 2.48 bits per heavy atom. The lowest BCUT2D eigenvalue weighted by molar-refractivity contribution is 0.0946. The van der Waals surface area contributed by atoms with E-state index >= 15 is 0 Å². The highest BCUT2D eigenvalue weighted by molar-refractivity contribution is 5.97. The molecule has 5 nitrogen and oxygen atoms in total. The van der Waals surface area contributed by atoms with E-state index < -0.39 is 0 Å². The Labute approximate surface area is 169 Å². The second-order valence-electron chi connectivity index (χ2n) is 6.71. The van der Waals surface area contributed by atoms with Crippen molar-refractivity contribution in [1.29, 1.82) is 0 Å². The largest absolute Gasteiger partial charge is 0.493 e. The maximum atomic E-state index is 12.5. The summed E-state index contributed by atoms with van der Waals surface area (Å²) in [5.74, 6) is 1.16. The molecule has 0 saturated heterocycles. The molecule has 0 unspecified atom stereocenters. The van der Waals surface area contributed by atoms with Crippen LogP contribution in [0.3, 0.4) is 0 Å². The van der Waals surface area contributed by atoms with Crippen molar-refractivity contribution in [1.82, 2.24) is 10.3 Å². The maximum absolute atomic E-state index is 12.5. The van der Waals surface area contributed by atoms with Gasteiger partial charge < -0.3 is 19.8 Å². The smallest absolute Gasteiger partial charge is 0.267 e. The molecule has 1 aromatic heterocycles. The molecule has 0 aliphatic rings. The summed E-state index contributed by atoms with van der Waals surface area (Å²) < 4.78 is 11.3. The third-order valence-electron chi connectivity index (χ3n) is 4.69. The molecule has 1 amide bonds. The van der Waals surface area contributed by atoms with Gasteiger partial charge in [0.25, 0.3) is 5.91 Å². The number of methoxy groups -OCH3 is 1. The third-order valence-corrected chi connectivity index (χ3v) is 4.69. The second-order valence-corrected chi connectivity index (χ2v) is 6.71. The number of ether oxygens (including phenoxy) is 2. The lowest BCUT2D eigenvalue weighted by atomic mass is 10.2. The van der Waals surface area contributed by atoms with E-state index in [4.69, 9.17) is 9.47 Å². The molecule has 0 aliphatic heterocycles. The number of rotatable bonds is 7. The minimum atomic E-state index is -0.149. The number of carbonyl (C=O) groups excluding carboxylic acids is 1. The fourth-order valence-corrected chi connectivity index (χ4v) is 3.15. The number of fused-ring (bicyclic) bond motifs is 1. The molecule has 1 heterocycles. The zero-order valence-electron chi connectivity index (χ0n) is 16.1. The Bertz CT molecular complexity index is 1090. The lowest BCUT2D eigenvalue weighted by Crippen LogP contribution is -2.23. The molecule has 29 heavy (non-hydrogen) atoms. The van der Waals surface area contributed by atoms with Gasteiger partial charge in [-0.05, 0) is 35.4 Å². The Morgan fingerprint density at radius 2 is 1.69 bits per heavy atom. The molecule has 0 radical (unpaired) electrons. The second kappa shape index (κ2) is 8.52. The summed E-state index contributed by atoms with van der Waals surface area (Å²) in [7, 11) is 1.61. The summed E-state index contributed by atoms with van der Waals surface area (Å²) in [4.78, 5) is 15.6. The number of nitrogens with one attached hydrogen (secondary N) is 2. The van der Waals surface area contributed by atoms with E-state index in [2.05, 4.69) is 10.3 Å². The Balaban J connectivity index is 1.40. The van der Waals surface area contributed by atoms with Gasteiger partial charge in [-0.25, -0.2) is 0 Å². The molecule has 0 spiro atoms. The van der Waals surface area contributed by atoms with Crippen LogP contribution in [-0.4, -0.2) is 18.0 Å². The standard InChI is InChI=1S/C24H22N2O3/c1-28-23-13-18(11-12-22(23)29-16-17-7-3-2-4-8-17)15-25-24(27)21-14-19-9-5-6-10-20(19)26-21/h2-14,26H,15-16H2,1H3,(H,25,27). The number of para-hydroxylation sites is 1. The quantitative estimate of drug-likeness (QED) is 0.484. The first-order valence-electron chi connectivity index (χ1n) is 9.42. The molecule has 0 bridgehead atoms. The van der Waals surface area contributed by atoms with E-state index in [-0.39, 0.29) is 5.91 Å². The number of hydrogen-bond donors (Lipinski definition) is 2. The van der Waals surface area contributed by atoms with Crippen LogP contribution in [0.15, 0.2) is 78.9 Å². The fraction of sp³-hybridized carbons (Fsp3) is 0.125. The lowest BCUT2D eigenvalue weighted by Gasteiger charge is -2.12. The Morgan fingerprint density at radius 1 is 0.897 bits per heavy atom. The monoisotopic (exact) mass is 386 g/mol. The van der Waals surface area contributed by atoms with Crippen LogP contribution in [0.2, 0.25) is 0 Å². The number of aromatic amines is 1. The Kier molecular flexibility index (Phi) is 5.47. The molecule has 0 atom stereocenters. The van der Waals surface area contributed by atoms with Crippen LogP contribution in [0, 0.1) is 0 Å². The van der Waals surface area contributed by atoms with Gasteiger partial charge in [0.05, 0.1) is 7.11 Å². The number of H-pyrrole nitrogens is 1. The van der Waals surface area contributed by atoms with E-state index in [0.717, 1.165) is 22.0 Å². The van der Waals surface area contributed by atoms with E-state index in [0.29, 0.717) is 30.3 Å². The molecule has 146 valence electrons. The van der Waals surface area contributed by atoms with E-state index in [1.54, 1.807) is 7.11 Å². The van der Waals surface area contributed by atoms with E-state index in [1.807, 2.05) is 78.9 Å².